The zero-order valence-electron chi connectivity index (χ0n) is 9.39. The van der Waals surface area contributed by atoms with E-state index in [-0.39, 0.29) is 6.04 Å². The second-order valence-corrected chi connectivity index (χ2v) is 4.18. The number of pyridine rings is 1. The van der Waals surface area contributed by atoms with Gasteiger partial charge in [0.25, 0.3) is 0 Å². The smallest absolute Gasteiger partial charge is 0.368 e. The first-order chi connectivity index (χ1) is 7.93. The van der Waals surface area contributed by atoms with Gasteiger partial charge in [0, 0.05) is 18.1 Å². The molecular weight excluding hydrogens is 253 g/mol. The summed E-state index contributed by atoms with van der Waals surface area (Å²) >= 11 is 5.55. The van der Waals surface area contributed by atoms with Crippen molar-refractivity contribution in [2.24, 2.45) is 0 Å². The highest BCUT2D eigenvalue weighted by atomic mass is 35.5. The molecule has 0 saturated heterocycles. The Labute approximate surface area is 103 Å². The zero-order chi connectivity index (χ0) is 12.9. The van der Waals surface area contributed by atoms with Gasteiger partial charge in [-0.2, -0.15) is 13.2 Å². The molecule has 17 heavy (non-hydrogen) atoms. The molecule has 1 N–H and O–H groups in total. The largest absolute Gasteiger partial charge is 0.417 e. The molecule has 1 aromatic rings. The minimum atomic E-state index is -4.34. The molecule has 0 amide bonds. The van der Waals surface area contributed by atoms with E-state index in [2.05, 4.69) is 10.3 Å². The van der Waals surface area contributed by atoms with Crippen LogP contribution in [-0.4, -0.2) is 16.9 Å². The summed E-state index contributed by atoms with van der Waals surface area (Å²) in [6.45, 7) is 1.94. The lowest BCUT2D eigenvalue weighted by Crippen LogP contribution is -2.16. The van der Waals surface area contributed by atoms with Crippen molar-refractivity contribution in [2.45, 2.75) is 32.0 Å². The lowest BCUT2D eigenvalue weighted by molar-refractivity contribution is -0.137. The van der Waals surface area contributed by atoms with Crippen molar-refractivity contribution < 1.29 is 13.2 Å². The minimum absolute atomic E-state index is 0.137. The topological polar surface area (TPSA) is 24.9 Å². The Hall–Kier alpha value is -0.970. The maximum atomic E-state index is 12.3. The fraction of sp³-hybridized carbons (Fsp3) is 0.545. The summed E-state index contributed by atoms with van der Waals surface area (Å²) < 4.78 is 36.8. The van der Waals surface area contributed by atoms with Crippen molar-refractivity contribution in [3.63, 3.8) is 0 Å². The number of nitrogens with one attached hydrogen (secondary N) is 1. The minimum Gasteiger partial charge on any atom is -0.368 e. The highest BCUT2D eigenvalue weighted by Crippen LogP contribution is 2.28. The van der Waals surface area contributed by atoms with Crippen molar-refractivity contribution >= 4 is 17.4 Å². The third-order valence-corrected chi connectivity index (χ3v) is 2.52. The molecule has 0 saturated carbocycles. The number of hydrogen-bond acceptors (Lipinski definition) is 2. The van der Waals surface area contributed by atoms with Crippen LogP contribution < -0.4 is 5.32 Å². The molecular formula is C11H14ClF3N2. The SMILES string of the molecule is CC(CCCCl)Nc1ccc(C(F)(F)F)cn1. The summed E-state index contributed by atoms with van der Waals surface area (Å²) in [6, 6.07) is 2.49. The molecule has 0 aliphatic rings. The maximum absolute atomic E-state index is 12.3. The second-order valence-electron chi connectivity index (χ2n) is 3.81. The van der Waals surface area contributed by atoms with Gasteiger partial charge in [0.1, 0.15) is 5.82 Å². The number of aromatic nitrogens is 1. The molecule has 0 aliphatic carbocycles. The van der Waals surface area contributed by atoms with E-state index in [1.807, 2.05) is 6.92 Å². The van der Waals surface area contributed by atoms with E-state index in [4.69, 9.17) is 11.6 Å². The normalized spacial score (nSPS) is 13.5. The van der Waals surface area contributed by atoms with Crippen LogP contribution in [0.1, 0.15) is 25.3 Å². The van der Waals surface area contributed by atoms with Crippen LogP contribution in [-0.2, 0) is 6.18 Å². The molecule has 1 heterocycles. The van der Waals surface area contributed by atoms with Crippen molar-refractivity contribution in [2.75, 3.05) is 11.2 Å². The van der Waals surface area contributed by atoms with E-state index in [0.717, 1.165) is 25.1 Å². The molecule has 96 valence electrons. The number of halogens is 4. The Morgan fingerprint density at radius 1 is 1.41 bits per heavy atom. The van der Waals surface area contributed by atoms with Gasteiger partial charge in [-0.25, -0.2) is 4.98 Å². The molecule has 1 aromatic heterocycles. The predicted molar refractivity (Wildman–Crippen MR) is 62.3 cm³/mol. The highest BCUT2D eigenvalue weighted by molar-refractivity contribution is 6.17. The van der Waals surface area contributed by atoms with Crippen molar-refractivity contribution in [1.82, 2.24) is 4.98 Å². The number of anilines is 1. The van der Waals surface area contributed by atoms with Gasteiger partial charge in [-0.1, -0.05) is 0 Å². The Morgan fingerprint density at radius 3 is 2.59 bits per heavy atom. The Bertz CT molecular complexity index is 338. The summed E-state index contributed by atoms with van der Waals surface area (Å²) in [6.07, 6.45) is -1.80. The van der Waals surface area contributed by atoms with E-state index >= 15 is 0 Å². The summed E-state index contributed by atoms with van der Waals surface area (Å²) in [5.41, 5.74) is -0.739. The van der Waals surface area contributed by atoms with Gasteiger partial charge < -0.3 is 5.32 Å². The first-order valence-corrected chi connectivity index (χ1v) is 5.82. The maximum Gasteiger partial charge on any atom is 0.417 e. The third kappa shape index (κ3) is 4.81. The number of rotatable bonds is 5. The second kappa shape index (κ2) is 6.10. The zero-order valence-corrected chi connectivity index (χ0v) is 10.1. The molecule has 1 unspecified atom stereocenters. The van der Waals surface area contributed by atoms with Crippen molar-refractivity contribution in [3.8, 4) is 0 Å². The van der Waals surface area contributed by atoms with E-state index < -0.39 is 11.7 Å². The molecule has 0 spiro atoms. The van der Waals surface area contributed by atoms with E-state index in [0.29, 0.717) is 11.7 Å². The molecule has 0 aliphatic heterocycles. The van der Waals surface area contributed by atoms with Crippen LogP contribution in [0.4, 0.5) is 19.0 Å². The van der Waals surface area contributed by atoms with Crippen LogP contribution in [0.15, 0.2) is 18.3 Å². The molecule has 0 bridgehead atoms. The summed E-state index contributed by atoms with van der Waals surface area (Å²) in [5, 5.41) is 3.02. The Balaban J connectivity index is 2.56. The van der Waals surface area contributed by atoms with Crippen LogP contribution >= 0.6 is 11.6 Å². The molecule has 2 nitrogen and oxygen atoms in total. The van der Waals surface area contributed by atoms with Gasteiger partial charge in [0.2, 0.25) is 0 Å². The molecule has 1 atom stereocenters. The van der Waals surface area contributed by atoms with Gasteiger partial charge >= 0.3 is 6.18 Å². The van der Waals surface area contributed by atoms with Gasteiger partial charge in [-0.15, -0.1) is 11.6 Å². The molecule has 0 aromatic carbocycles. The first-order valence-electron chi connectivity index (χ1n) is 5.29. The van der Waals surface area contributed by atoms with Crippen molar-refractivity contribution in [3.05, 3.63) is 23.9 Å². The lowest BCUT2D eigenvalue weighted by Gasteiger charge is -2.14. The van der Waals surface area contributed by atoms with E-state index in [1.165, 1.54) is 6.07 Å². The number of alkyl halides is 4. The van der Waals surface area contributed by atoms with Gasteiger partial charge in [-0.3, -0.25) is 0 Å². The Kier molecular flexibility index (Phi) is 5.05. The molecule has 0 fully saturated rings. The number of hydrogen-bond donors (Lipinski definition) is 1. The first kappa shape index (κ1) is 14.1. The molecule has 0 radical (unpaired) electrons. The van der Waals surface area contributed by atoms with Gasteiger partial charge in [0.15, 0.2) is 0 Å². The fourth-order valence-corrected chi connectivity index (χ4v) is 1.51. The standard InChI is InChI=1S/C11H14ClF3N2/c1-8(3-2-6-12)17-10-5-4-9(7-16-10)11(13,14)15/h4-5,7-8H,2-3,6H2,1H3,(H,16,17). The Morgan fingerprint density at radius 2 is 2.12 bits per heavy atom. The van der Waals surface area contributed by atoms with Crippen LogP contribution in [0.5, 0.6) is 0 Å². The van der Waals surface area contributed by atoms with Crippen LogP contribution in [0, 0.1) is 0 Å². The van der Waals surface area contributed by atoms with Crippen LogP contribution in [0.2, 0.25) is 0 Å². The average Bonchev–Trinajstić information content (AvgIpc) is 2.26. The monoisotopic (exact) mass is 266 g/mol. The van der Waals surface area contributed by atoms with E-state index in [9.17, 15) is 13.2 Å². The average molecular weight is 267 g/mol. The fourth-order valence-electron chi connectivity index (χ4n) is 1.35. The summed E-state index contributed by atoms with van der Waals surface area (Å²) in [7, 11) is 0. The van der Waals surface area contributed by atoms with Gasteiger partial charge in [-0.05, 0) is 31.9 Å². The number of nitrogens with zero attached hydrogens (tertiary/aromatic N) is 1. The third-order valence-electron chi connectivity index (χ3n) is 2.26. The van der Waals surface area contributed by atoms with Crippen LogP contribution in [0.3, 0.4) is 0 Å². The van der Waals surface area contributed by atoms with Gasteiger partial charge in [0.05, 0.1) is 5.56 Å². The predicted octanol–water partition coefficient (Wildman–Crippen LogP) is 3.92. The summed E-state index contributed by atoms with van der Waals surface area (Å²) in [4.78, 5) is 3.73. The lowest BCUT2D eigenvalue weighted by atomic mass is 10.2. The quantitative estimate of drug-likeness (QED) is 0.817. The molecule has 6 heteroatoms. The highest BCUT2D eigenvalue weighted by Gasteiger charge is 2.30. The van der Waals surface area contributed by atoms with Crippen molar-refractivity contribution in [1.29, 1.82) is 0 Å². The van der Waals surface area contributed by atoms with Crippen LogP contribution in [0.25, 0.3) is 0 Å². The summed E-state index contributed by atoms with van der Waals surface area (Å²) in [5.74, 6) is 1.02. The van der Waals surface area contributed by atoms with E-state index in [1.54, 1.807) is 0 Å². The molecule has 1 rings (SSSR count).